The maximum atomic E-state index is 12.1. The van der Waals surface area contributed by atoms with Gasteiger partial charge in [-0.05, 0) is 42.7 Å². The first kappa shape index (κ1) is 16.9. The highest BCUT2D eigenvalue weighted by Gasteiger charge is 2.12. The predicted octanol–water partition coefficient (Wildman–Crippen LogP) is 3.80. The number of amides is 1. The molecular weight excluding hydrogens is 368 g/mol. The van der Waals surface area contributed by atoms with E-state index in [9.17, 15) is 4.79 Å². The molecule has 0 atom stereocenters. The summed E-state index contributed by atoms with van der Waals surface area (Å²) in [7, 11) is 0. The molecule has 0 radical (unpaired) electrons. The number of hydrogen-bond donors (Lipinski definition) is 1. The van der Waals surface area contributed by atoms with Gasteiger partial charge in [-0.2, -0.15) is 0 Å². The predicted molar refractivity (Wildman–Crippen MR) is 99.2 cm³/mol. The molecule has 1 amide bonds. The summed E-state index contributed by atoms with van der Waals surface area (Å²) in [5.41, 5.74) is 0.963. The third-order valence-electron chi connectivity index (χ3n) is 4.13. The lowest BCUT2D eigenvalue weighted by molar-refractivity contribution is -0.115. The molecule has 5 nitrogen and oxygen atoms in total. The van der Waals surface area contributed by atoms with E-state index < -0.39 is 0 Å². The van der Waals surface area contributed by atoms with Crippen LogP contribution in [0.25, 0.3) is 0 Å². The number of anilines is 2. The maximum Gasteiger partial charge on any atom is 0.229 e. The van der Waals surface area contributed by atoms with E-state index >= 15 is 0 Å². The fraction of sp³-hybridized carbons (Fsp3) is 0.389. The van der Waals surface area contributed by atoms with E-state index in [1.54, 1.807) is 0 Å². The van der Waals surface area contributed by atoms with Gasteiger partial charge >= 0.3 is 0 Å². The molecular formula is C18H21BrN4O. The van der Waals surface area contributed by atoms with Gasteiger partial charge in [-0.3, -0.25) is 4.79 Å². The lowest BCUT2D eigenvalue weighted by Crippen LogP contribution is -2.25. The Morgan fingerprint density at radius 1 is 1.00 bits per heavy atom. The Labute approximate surface area is 150 Å². The van der Waals surface area contributed by atoms with Crippen molar-refractivity contribution in [2.45, 2.75) is 32.1 Å². The summed E-state index contributed by atoms with van der Waals surface area (Å²) in [6.07, 6.45) is 5.30. The molecule has 3 rings (SSSR count). The SMILES string of the molecule is O=C(Cc1ccc(Br)cc1)Nc1ccc(N2CCCCCC2)nn1. The summed E-state index contributed by atoms with van der Waals surface area (Å²) >= 11 is 3.39. The van der Waals surface area contributed by atoms with Crippen molar-refractivity contribution in [2.75, 3.05) is 23.3 Å². The molecule has 1 saturated heterocycles. The minimum atomic E-state index is -0.0888. The first-order valence-corrected chi connectivity index (χ1v) is 9.13. The van der Waals surface area contributed by atoms with E-state index in [0.717, 1.165) is 28.9 Å². The van der Waals surface area contributed by atoms with Crippen LogP contribution in [0.2, 0.25) is 0 Å². The Morgan fingerprint density at radius 3 is 2.33 bits per heavy atom. The van der Waals surface area contributed by atoms with E-state index in [2.05, 4.69) is 36.3 Å². The van der Waals surface area contributed by atoms with Gasteiger partial charge < -0.3 is 10.2 Å². The van der Waals surface area contributed by atoms with Gasteiger partial charge in [0, 0.05) is 17.6 Å². The highest BCUT2D eigenvalue weighted by atomic mass is 79.9. The van der Waals surface area contributed by atoms with Crippen molar-refractivity contribution in [3.05, 3.63) is 46.4 Å². The van der Waals surface area contributed by atoms with Crippen LogP contribution in [0.1, 0.15) is 31.2 Å². The van der Waals surface area contributed by atoms with Crippen LogP contribution in [0.4, 0.5) is 11.6 Å². The lowest BCUT2D eigenvalue weighted by atomic mass is 10.1. The third-order valence-corrected chi connectivity index (χ3v) is 4.65. The number of aromatic nitrogens is 2. The number of carbonyl (C=O) groups is 1. The Kier molecular flexibility index (Phi) is 5.80. The first-order chi connectivity index (χ1) is 11.7. The maximum absolute atomic E-state index is 12.1. The quantitative estimate of drug-likeness (QED) is 0.864. The lowest BCUT2D eigenvalue weighted by Gasteiger charge is -2.20. The largest absolute Gasteiger partial charge is 0.355 e. The van der Waals surface area contributed by atoms with Gasteiger partial charge in [-0.1, -0.05) is 40.9 Å². The van der Waals surface area contributed by atoms with E-state index in [-0.39, 0.29) is 5.91 Å². The number of benzene rings is 1. The van der Waals surface area contributed by atoms with Gasteiger partial charge in [0.15, 0.2) is 11.6 Å². The van der Waals surface area contributed by atoms with Crippen LogP contribution in [-0.2, 0) is 11.2 Å². The molecule has 24 heavy (non-hydrogen) atoms. The van der Waals surface area contributed by atoms with Crippen LogP contribution >= 0.6 is 15.9 Å². The van der Waals surface area contributed by atoms with E-state index in [4.69, 9.17) is 0 Å². The van der Waals surface area contributed by atoms with Crippen LogP contribution in [0.15, 0.2) is 40.9 Å². The molecule has 1 aliphatic rings. The highest BCUT2D eigenvalue weighted by molar-refractivity contribution is 9.10. The number of nitrogens with one attached hydrogen (secondary N) is 1. The molecule has 1 aromatic heterocycles. The number of carbonyl (C=O) groups excluding carboxylic acids is 1. The summed E-state index contributed by atoms with van der Waals surface area (Å²) in [6.45, 7) is 2.06. The highest BCUT2D eigenvalue weighted by Crippen LogP contribution is 2.17. The summed E-state index contributed by atoms with van der Waals surface area (Å²) in [4.78, 5) is 14.4. The molecule has 2 aromatic rings. The van der Waals surface area contributed by atoms with Gasteiger partial charge in [0.25, 0.3) is 0 Å². The number of rotatable bonds is 4. The third kappa shape index (κ3) is 4.77. The second-order valence-corrected chi connectivity index (χ2v) is 6.95. The molecule has 0 bridgehead atoms. The Balaban J connectivity index is 1.57. The second kappa shape index (κ2) is 8.24. The Bertz CT molecular complexity index is 664. The van der Waals surface area contributed by atoms with E-state index in [0.29, 0.717) is 12.2 Å². The van der Waals surface area contributed by atoms with Gasteiger partial charge in [0.1, 0.15) is 0 Å². The van der Waals surface area contributed by atoms with Crippen LogP contribution in [0, 0.1) is 0 Å². The number of halogens is 1. The standard InChI is InChI=1S/C18H21BrN4O/c19-15-7-5-14(6-8-15)13-18(24)20-16-9-10-17(22-21-16)23-11-3-1-2-4-12-23/h5-10H,1-4,11-13H2,(H,20,21,24). The van der Waals surface area contributed by atoms with Crippen LogP contribution in [0.3, 0.4) is 0 Å². The Morgan fingerprint density at radius 2 is 1.71 bits per heavy atom. The molecule has 0 unspecified atom stereocenters. The molecule has 1 fully saturated rings. The molecule has 1 aliphatic heterocycles. The van der Waals surface area contributed by atoms with Gasteiger partial charge in [-0.25, -0.2) is 0 Å². The monoisotopic (exact) mass is 388 g/mol. The van der Waals surface area contributed by atoms with Gasteiger partial charge in [-0.15, -0.1) is 10.2 Å². The van der Waals surface area contributed by atoms with Crippen LogP contribution in [-0.4, -0.2) is 29.2 Å². The molecule has 1 N–H and O–H groups in total. The zero-order valence-corrected chi connectivity index (χ0v) is 15.1. The summed E-state index contributed by atoms with van der Waals surface area (Å²) in [6, 6.07) is 11.5. The minimum absolute atomic E-state index is 0.0888. The minimum Gasteiger partial charge on any atom is -0.355 e. The van der Waals surface area contributed by atoms with Crippen molar-refractivity contribution >= 4 is 33.5 Å². The first-order valence-electron chi connectivity index (χ1n) is 8.34. The number of nitrogens with zero attached hydrogens (tertiary/aromatic N) is 3. The zero-order valence-electron chi connectivity index (χ0n) is 13.5. The van der Waals surface area contributed by atoms with Crippen molar-refractivity contribution in [1.29, 1.82) is 0 Å². The normalized spacial score (nSPS) is 15.0. The molecule has 0 aliphatic carbocycles. The van der Waals surface area contributed by atoms with Crippen molar-refractivity contribution in [1.82, 2.24) is 10.2 Å². The average molecular weight is 389 g/mol. The topological polar surface area (TPSA) is 58.1 Å². The summed E-state index contributed by atoms with van der Waals surface area (Å²) in [5.74, 6) is 1.30. The molecule has 1 aromatic carbocycles. The zero-order chi connectivity index (χ0) is 16.8. The Hall–Kier alpha value is -1.95. The molecule has 6 heteroatoms. The van der Waals surface area contributed by atoms with Gasteiger partial charge in [0.05, 0.1) is 6.42 Å². The average Bonchev–Trinajstić information content (AvgIpc) is 2.87. The molecule has 126 valence electrons. The smallest absolute Gasteiger partial charge is 0.229 e. The molecule has 0 spiro atoms. The van der Waals surface area contributed by atoms with Crippen molar-refractivity contribution in [3.63, 3.8) is 0 Å². The van der Waals surface area contributed by atoms with Crippen LogP contribution in [0.5, 0.6) is 0 Å². The second-order valence-electron chi connectivity index (χ2n) is 6.03. The van der Waals surface area contributed by atoms with Crippen molar-refractivity contribution in [2.24, 2.45) is 0 Å². The number of hydrogen-bond acceptors (Lipinski definition) is 4. The molecule has 0 saturated carbocycles. The van der Waals surface area contributed by atoms with E-state index in [1.807, 2.05) is 36.4 Å². The van der Waals surface area contributed by atoms with Crippen LogP contribution < -0.4 is 10.2 Å². The molecule has 2 heterocycles. The summed E-state index contributed by atoms with van der Waals surface area (Å²) in [5, 5.41) is 11.2. The fourth-order valence-corrected chi connectivity index (χ4v) is 3.10. The van der Waals surface area contributed by atoms with Crippen molar-refractivity contribution in [3.8, 4) is 0 Å². The van der Waals surface area contributed by atoms with E-state index in [1.165, 1.54) is 25.7 Å². The summed E-state index contributed by atoms with van der Waals surface area (Å²) < 4.78 is 1.00. The van der Waals surface area contributed by atoms with Crippen molar-refractivity contribution < 1.29 is 4.79 Å². The fourth-order valence-electron chi connectivity index (χ4n) is 2.84. The van der Waals surface area contributed by atoms with Gasteiger partial charge in [0.2, 0.25) is 5.91 Å².